The van der Waals surface area contributed by atoms with E-state index < -0.39 is 0 Å². The maximum absolute atomic E-state index is 8.32. The van der Waals surface area contributed by atoms with Crippen LogP contribution in [-0.2, 0) is 15.5 Å². The van der Waals surface area contributed by atoms with Gasteiger partial charge >= 0.3 is 0 Å². The fourth-order valence-electron chi connectivity index (χ4n) is 0.997. The largest absolute Gasteiger partial charge is 0.204 e. The zero-order chi connectivity index (χ0) is 6.69. The second-order valence-electron chi connectivity index (χ2n) is 2.08. The van der Waals surface area contributed by atoms with Crippen molar-refractivity contribution in [1.82, 2.24) is 0 Å². The van der Waals surface area contributed by atoms with Crippen molar-refractivity contribution in [3.05, 3.63) is 0 Å². The van der Waals surface area contributed by atoms with Crippen molar-refractivity contribution in [3.8, 4) is 0 Å². The van der Waals surface area contributed by atoms with Gasteiger partial charge < -0.3 is 0 Å². The van der Waals surface area contributed by atoms with E-state index in [-0.39, 0.29) is 11.2 Å². The van der Waals surface area contributed by atoms with E-state index in [4.69, 9.17) is 16.9 Å². The summed E-state index contributed by atoms with van der Waals surface area (Å²) in [6.07, 6.45) is 2.24. The van der Waals surface area contributed by atoms with Crippen LogP contribution in [-0.4, -0.2) is 22.1 Å². The Morgan fingerprint density at radius 1 is 1.78 bits per heavy atom. The van der Waals surface area contributed by atoms with Crippen LogP contribution in [0.1, 0.15) is 12.8 Å². The summed E-state index contributed by atoms with van der Waals surface area (Å²) in [6.45, 7) is 0. The predicted molar refractivity (Wildman–Crippen MR) is 39.7 cm³/mol. The van der Waals surface area contributed by atoms with Crippen LogP contribution in [0.2, 0.25) is 0 Å². The Labute approximate surface area is 62.6 Å². The molecule has 1 aliphatic heterocycles. The molecule has 0 bridgehead atoms. The molecule has 1 saturated heterocycles. The zero-order valence-corrected chi connectivity index (χ0v) is 6.62. The zero-order valence-electron chi connectivity index (χ0n) is 5.05. The third kappa shape index (κ3) is 1.74. The van der Waals surface area contributed by atoms with Gasteiger partial charge in [-0.1, -0.05) is 0 Å². The van der Waals surface area contributed by atoms with E-state index in [0.29, 0.717) is 11.1 Å². The minimum Gasteiger partial charge on any atom is -0.204 e. The average molecular weight is 170 g/mol. The lowest BCUT2D eigenvalue weighted by molar-refractivity contribution is -0.122. The van der Waals surface area contributed by atoms with Gasteiger partial charge in [0, 0.05) is 12.8 Å². The Hall–Kier alpha value is 0.560. The summed E-state index contributed by atoms with van der Waals surface area (Å²) in [5.74, 6) is 1.59. The van der Waals surface area contributed by atoms with Crippen LogP contribution in [0.25, 0.3) is 0 Å². The molecule has 4 heteroatoms. The molecule has 1 N–H and O–H groups in total. The second-order valence-corrected chi connectivity index (χ2v) is 4.37. The van der Waals surface area contributed by atoms with Crippen molar-refractivity contribution < 1.29 is 9.59 Å². The molecule has 1 fully saturated rings. The molecule has 2 atom stereocenters. The van der Waals surface area contributed by atoms with Crippen LogP contribution in [0.15, 0.2) is 0 Å². The Morgan fingerprint density at radius 2 is 2.56 bits per heavy atom. The summed E-state index contributed by atoms with van der Waals surface area (Å²) in [6, 6.07) is 0. The molecule has 0 aromatic carbocycles. The molecule has 0 saturated carbocycles. The van der Waals surface area contributed by atoms with Gasteiger partial charge in [-0.15, -0.1) is 11.6 Å². The molecule has 0 spiro atoms. The molecule has 0 amide bonds. The van der Waals surface area contributed by atoms with Crippen molar-refractivity contribution in [2.75, 3.05) is 11.6 Å². The Balaban J connectivity index is 2.32. The number of rotatable bonds is 2. The van der Waals surface area contributed by atoms with Gasteiger partial charge in [0.15, 0.2) is 16.4 Å². The van der Waals surface area contributed by atoms with Crippen LogP contribution >= 0.6 is 11.6 Å². The molecular formula is C5H10ClO2S+. The van der Waals surface area contributed by atoms with E-state index in [1.165, 1.54) is 0 Å². The molecule has 1 aliphatic rings. The molecule has 0 aromatic rings. The Bertz CT molecular complexity index is 81.0. The highest BCUT2D eigenvalue weighted by molar-refractivity contribution is 7.93. The van der Waals surface area contributed by atoms with Gasteiger partial charge in [-0.3, -0.25) is 0 Å². The van der Waals surface area contributed by atoms with E-state index in [0.717, 1.165) is 18.6 Å². The van der Waals surface area contributed by atoms with Gasteiger partial charge in [0.2, 0.25) is 0 Å². The summed E-state index contributed by atoms with van der Waals surface area (Å²) in [7, 11) is 0. The van der Waals surface area contributed by atoms with Crippen molar-refractivity contribution >= 4 is 22.8 Å². The quantitative estimate of drug-likeness (QED) is 0.293. The fourth-order valence-corrected chi connectivity index (χ4v) is 3.12. The van der Waals surface area contributed by atoms with Gasteiger partial charge in [-0.2, -0.15) is 0 Å². The second kappa shape index (κ2) is 3.66. The maximum Gasteiger partial charge on any atom is 0.191 e. The number of hydrogen-bond acceptors (Lipinski definition) is 2. The van der Waals surface area contributed by atoms with E-state index in [1.54, 1.807) is 0 Å². The third-order valence-corrected chi connectivity index (χ3v) is 4.10. The molecule has 0 aliphatic carbocycles. The number of alkyl halides is 1. The predicted octanol–water partition coefficient (Wildman–Crippen LogP) is 1.41. The lowest BCUT2D eigenvalue weighted by Crippen LogP contribution is -2.19. The third-order valence-electron chi connectivity index (χ3n) is 1.51. The molecule has 54 valence electrons. The molecular weight excluding hydrogens is 160 g/mol. The van der Waals surface area contributed by atoms with Crippen LogP contribution in [0.5, 0.6) is 0 Å². The topological polar surface area (TPSA) is 29.5 Å². The monoisotopic (exact) mass is 169 g/mol. The van der Waals surface area contributed by atoms with Crippen LogP contribution in [0.3, 0.4) is 0 Å². The highest BCUT2D eigenvalue weighted by Gasteiger charge is 2.38. The molecule has 0 radical (unpaired) electrons. The first-order valence-corrected chi connectivity index (χ1v) is 4.87. The van der Waals surface area contributed by atoms with Gasteiger partial charge in [0.05, 0.1) is 5.88 Å². The lowest BCUT2D eigenvalue weighted by Gasteiger charge is -1.99. The van der Waals surface area contributed by atoms with Gasteiger partial charge in [0.25, 0.3) is 0 Å². The van der Waals surface area contributed by atoms with Crippen molar-refractivity contribution in [1.29, 1.82) is 0 Å². The molecule has 1 rings (SSSR count). The normalized spacial score (nSPS) is 35.3. The lowest BCUT2D eigenvalue weighted by atomic mass is 10.3. The van der Waals surface area contributed by atoms with Crippen molar-refractivity contribution in [2.45, 2.75) is 18.1 Å². The van der Waals surface area contributed by atoms with E-state index in [9.17, 15) is 0 Å². The number of halogens is 1. The number of hydrogen-bond donors (Lipinski definition) is 1. The molecule has 2 unspecified atom stereocenters. The molecule has 1 heterocycles. The minimum atomic E-state index is -0.248. The smallest absolute Gasteiger partial charge is 0.191 e. The van der Waals surface area contributed by atoms with E-state index >= 15 is 0 Å². The first-order valence-electron chi connectivity index (χ1n) is 2.96. The highest BCUT2D eigenvalue weighted by Crippen LogP contribution is 2.23. The van der Waals surface area contributed by atoms with E-state index in [2.05, 4.69) is 4.33 Å². The Kier molecular flexibility index (Phi) is 3.12. The van der Waals surface area contributed by atoms with Crippen LogP contribution in [0, 0.1) is 0 Å². The Morgan fingerprint density at radius 3 is 3.00 bits per heavy atom. The van der Waals surface area contributed by atoms with Crippen LogP contribution < -0.4 is 0 Å². The van der Waals surface area contributed by atoms with Crippen molar-refractivity contribution in [3.63, 3.8) is 0 Å². The van der Waals surface area contributed by atoms with Crippen molar-refractivity contribution in [2.24, 2.45) is 0 Å². The first-order chi connectivity index (χ1) is 4.38. The van der Waals surface area contributed by atoms with Gasteiger partial charge in [-0.25, -0.2) is 5.26 Å². The summed E-state index contributed by atoms with van der Waals surface area (Å²) >= 11 is 5.35. The summed E-state index contributed by atoms with van der Waals surface area (Å²) in [5.41, 5.74) is 0. The summed E-state index contributed by atoms with van der Waals surface area (Å²) in [4.78, 5) is 0. The maximum atomic E-state index is 8.32. The highest BCUT2D eigenvalue weighted by atomic mass is 35.5. The van der Waals surface area contributed by atoms with Crippen LogP contribution in [0.4, 0.5) is 0 Å². The average Bonchev–Trinajstić information content (AvgIpc) is 2.33. The molecule has 0 aromatic heterocycles. The SMILES string of the molecule is OO[S+]1CCCC1CCl. The van der Waals surface area contributed by atoms with Gasteiger partial charge in [0.1, 0.15) is 5.75 Å². The van der Waals surface area contributed by atoms with Gasteiger partial charge in [-0.05, 0) is 4.33 Å². The van der Waals surface area contributed by atoms with E-state index in [1.807, 2.05) is 0 Å². The summed E-state index contributed by atoms with van der Waals surface area (Å²) < 4.78 is 4.26. The molecule has 2 nitrogen and oxygen atoms in total. The first kappa shape index (κ1) is 7.66. The summed E-state index contributed by atoms with van der Waals surface area (Å²) in [5, 5.41) is 8.72. The fraction of sp³-hybridized carbons (Fsp3) is 1.00. The standard InChI is InChI=1S/C5H9ClO2S/c6-4-5-2-1-3-9(5)8-7/h5H,1-4H2/p+1. The minimum absolute atomic E-state index is 0.248. The molecule has 9 heavy (non-hydrogen) atoms.